The molecule has 0 atom stereocenters. The molecule has 1 aromatic carbocycles. The first-order chi connectivity index (χ1) is 9.83. The van der Waals surface area contributed by atoms with Gasteiger partial charge in [0.25, 0.3) is 0 Å². The summed E-state index contributed by atoms with van der Waals surface area (Å²) in [5.41, 5.74) is 1.83. The lowest BCUT2D eigenvalue weighted by Gasteiger charge is -2.10. The second kappa shape index (κ2) is 7.28. The highest BCUT2D eigenvalue weighted by Crippen LogP contribution is 2.31. The van der Waals surface area contributed by atoms with Crippen LogP contribution in [0.15, 0.2) is 47.7 Å². The fourth-order valence-corrected chi connectivity index (χ4v) is 1.72. The predicted molar refractivity (Wildman–Crippen MR) is 80.3 cm³/mol. The number of hydrogen-bond donors (Lipinski definition) is 0. The smallest absolute Gasteiger partial charge is 0.163 e. The van der Waals surface area contributed by atoms with E-state index in [1.165, 1.54) is 0 Å². The maximum atomic E-state index is 5.57. The number of rotatable bonds is 6. The quantitative estimate of drug-likeness (QED) is 0.753. The number of ether oxygens (including phenoxy) is 2. The van der Waals surface area contributed by atoms with Gasteiger partial charge in [-0.15, -0.1) is 0 Å². The Kier molecular flexibility index (Phi) is 5.12. The van der Waals surface area contributed by atoms with Crippen LogP contribution >= 0.6 is 0 Å². The van der Waals surface area contributed by atoms with E-state index < -0.39 is 0 Å². The van der Waals surface area contributed by atoms with Crippen molar-refractivity contribution in [3.8, 4) is 11.5 Å². The van der Waals surface area contributed by atoms with Crippen molar-refractivity contribution < 1.29 is 9.47 Å². The summed E-state index contributed by atoms with van der Waals surface area (Å²) in [6.45, 7) is 5.10. The van der Waals surface area contributed by atoms with Gasteiger partial charge < -0.3 is 9.47 Å². The maximum Gasteiger partial charge on any atom is 0.163 e. The molecule has 2 rings (SSSR count). The van der Waals surface area contributed by atoms with E-state index in [-0.39, 0.29) is 0 Å². The van der Waals surface area contributed by atoms with Gasteiger partial charge in [0.05, 0.1) is 18.9 Å². The molecule has 0 aliphatic rings. The van der Waals surface area contributed by atoms with Gasteiger partial charge in [-0.1, -0.05) is 0 Å². The van der Waals surface area contributed by atoms with Crippen LogP contribution in [0.4, 0.5) is 5.69 Å². The van der Waals surface area contributed by atoms with Crippen molar-refractivity contribution in [2.24, 2.45) is 4.99 Å². The molecular weight excluding hydrogens is 252 g/mol. The lowest BCUT2D eigenvalue weighted by atomic mass is 10.2. The number of benzene rings is 1. The van der Waals surface area contributed by atoms with Crippen LogP contribution in [0.1, 0.15) is 19.4 Å². The summed E-state index contributed by atoms with van der Waals surface area (Å²) in [6, 6.07) is 9.48. The molecule has 0 fully saturated rings. The van der Waals surface area contributed by atoms with Crippen LogP contribution in [-0.4, -0.2) is 24.4 Å². The molecule has 2 aromatic rings. The topological polar surface area (TPSA) is 43.7 Å². The Labute approximate surface area is 119 Å². The van der Waals surface area contributed by atoms with Crippen molar-refractivity contribution in [3.05, 3.63) is 48.3 Å². The Morgan fingerprint density at radius 1 is 1.00 bits per heavy atom. The minimum absolute atomic E-state index is 0.595. The Bertz CT molecular complexity index is 568. The molecule has 0 amide bonds. The Balaban J connectivity index is 2.20. The minimum Gasteiger partial charge on any atom is -0.490 e. The van der Waals surface area contributed by atoms with E-state index in [0.29, 0.717) is 13.2 Å². The largest absolute Gasteiger partial charge is 0.490 e. The van der Waals surface area contributed by atoms with Gasteiger partial charge in [-0.3, -0.25) is 9.98 Å². The zero-order valence-corrected chi connectivity index (χ0v) is 11.7. The highest BCUT2D eigenvalue weighted by molar-refractivity contribution is 5.81. The van der Waals surface area contributed by atoms with E-state index in [0.717, 1.165) is 22.7 Å². The summed E-state index contributed by atoms with van der Waals surface area (Å²) < 4.78 is 11.1. The van der Waals surface area contributed by atoms with Gasteiger partial charge in [-0.05, 0) is 43.7 Å². The van der Waals surface area contributed by atoms with Crippen molar-refractivity contribution in [1.82, 2.24) is 4.98 Å². The SMILES string of the molecule is CCOc1ccc(N=Cc2ccncc2)cc1OCC. The second-order valence-corrected chi connectivity index (χ2v) is 4.04. The molecule has 0 spiro atoms. The van der Waals surface area contributed by atoms with E-state index in [2.05, 4.69) is 9.98 Å². The first kappa shape index (κ1) is 14.1. The van der Waals surface area contributed by atoms with Crippen molar-refractivity contribution in [3.63, 3.8) is 0 Å². The molecule has 4 nitrogen and oxygen atoms in total. The Hall–Kier alpha value is -2.36. The third-order valence-electron chi connectivity index (χ3n) is 2.60. The molecule has 1 heterocycles. The summed E-state index contributed by atoms with van der Waals surface area (Å²) >= 11 is 0. The molecule has 20 heavy (non-hydrogen) atoms. The highest BCUT2D eigenvalue weighted by Gasteiger charge is 2.05. The molecule has 0 bridgehead atoms. The third-order valence-corrected chi connectivity index (χ3v) is 2.60. The minimum atomic E-state index is 0.595. The maximum absolute atomic E-state index is 5.57. The molecular formula is C16H18N2O2. The second-order valence-electron chi connectivity index (χ2n) is 4.04. The average Bonchev–Trinajstić information content (AvgIpc) is 2.49. The van der Waals surface area contributed by atoms with Gasteiger partial charge in [0.2, 0.25) is 0 Å². The standard InChI is InChI=1S/C16H18N2O2/c1-3-19-15-6-5-14(11-16(15)20-4-2)18-12-13-7-9-17-10-8-13/h5-12H,3-4H2,1-2H3. The van der Waals surface area contributed by atoms with Gasteiger partial charge in [0.1, 0.15) is 0 Å². The van der Waals surface area contributed by atoms with Gasteiger partial charge in [0, 0.05) is 24.7 Å². The van der Waals surface area contributed by atoms with Crippen LogP contribution in [0.25, 0.3) is 0 Å². The van der Waals surface area contributed by atoms with Gasteiger partial charge in [-0.25, -0.2) is 0 Å². The average molecular weight is 270 g/mol. The summed E-state index contributed by atoms with van der Waals surface area (Å²) in [5, 5.41) is 0. The summed E-state index contributed by atoms with van der Waals surface area (Å²) in [4.78, 5) is 8.40. The predicted octanol–water partition coefficient (Wildman–Crippen LogP) is 3.63. The van der Waals surface area contributed by atoms with Gasteiger partial charge in [-0.2, -0.15) is 0 Å². The van der Waals surface area contributed by atoms with E-state index in [1.807, 2.05) is 44.2 Å². The van der Waals surface area contributed by atoms with E-state index in [4.69, 9.17) is 9.47 Å². The van der Waals surface area contributed by atoms with E-state index >= 15 is 0 Å². The van der Waals surface area contributed by atoms with Crippen molar-refractivity contribution >= 4 is 11.9 Å². The molecule has 0 aliphatic heterocycles. The van der Waals surface area contributed by atoms with E-state index in [1.54, 1.807) is 18.6 Å². The highest BCUT2D eigenvalue weighted by atomic mass is 16.5. The third kappa shape index (κ3) is 3.82. The Morgan fingerprint density at radius 2 is 1.70 bits per heavy atom. The fourth-order valence-electron chi connectivity index (χ4n) is 1.72. The molecule has 0 saturated heterocycles. The number of hydrogen-bond acceptors (Lipinski definition) is 4. The first-order valence-corrected chi connectivity index (χ1v) is 6.67. The zero-order valence-electron chi connectivity index (χ0n) is 11.7. The molecule has 0 radical (unpaired) electrons. The normalized spacial score (nSPS) is 10.7. The van der Waals surface area contributed by atoms with Crippen LogP contribution in [0.5, 0.6) is 11.5 Å². The van der Waals surface area contributed by atoms with Crippen LogP contribution < -0.4 is 9.47 Å². The molecule has 0 unspecified atom stereocenters. The molecule has 0 aliphatic carbocycles. The number of aromatic nitrogens is 1. The summed E-state index contributed by atoms with van der Waals surface area (Å²) in [5.74, 6) is 1.47. The zero-order chi connectivity index (χ0) is 14.2. The summed E-state index contributed by atoms with van der Waals surface area (Å²) in [7, 11) is 0. The lowest BCUT2D eigenvalue weighted by Crippen LogP contribution is -1.97. The van der Waals surface area contributed by atoms with E-state index in [9.17, 15) is 0 Å². The lowest BCUT2D eigenvalue weighted by molar-refractivity contribution is 0.288. The van der Waals surface area contributed by atoms with Gasteiger partial charge >= 0.3 is 0 Å². The van der Waals surface area contributed by atoms with Crippen molar-refractivity contribution in [2.75, 3.05) is 13.2 Å². The van der Waals surface area contributed by atoms with Crippen LogP contribution in [0.2, 0.25) is 0 Å². The molecule has 0 N–H and O–H groups in total. The molecule has 0 saturated carbocycles. The number of nitrogens with zero attached hydrogens (tertiary/aromatic N) is 2. The van der Waals surface area contributed by atoms with Crippen molar-refractivity contribution in [1.29, 1.82) is 0 Å². The van der Waals surface area contributed by atoms with Gasteiger partial charge in [0.15, 0.2) is 11.5 Å². The molecule has 4 heteroatoms. The number of pyridine rings is 1. The van der Waals surface area contributed by atoms with Crippen LogP contribution in [0, 0.1) is 0 Å². The van der Waals surface area contributed by atoms with Crippen LogP contribution in [0.3, 0.4) is 0 Å². The van der Waals surface area contributed by atoms with Crippen LogP contribution in [-0.2, 0) is 0 Å². The van der Waals surface area contributed by atoms with Crippen molar-refractivity contribution in [2.45, 2.75) is 13.8 Å². The monoisotopic (exact) mass is 270 g/mol. The first-order valence-electron chi connectivity index (χ1n) is 6.67. The number of aliphatic imine (C=N–C) groups is 1. The molecule has 1 aromatic heterocycles. The summed E-state index contributed by atoms with van der Waals surface area (Å²) in [6.07, 6.45) is 5.28. The Morgan fingerprint density at radius 3 is 2.40 bits per heavy atom. The molecule has 104 valence electrons. The fraction of sp³-hybridized carbons (Fsp3) is 0.250.